The Balaban J connectivity index is 1.49. The van der Waals surface area contributed by atoms with Crippen LogP contribution in [-0.2, 0) is 0 Å². The highest BCUT2D eigenvalue weighted by Gasteiger charge is 2.35. The zero-order chi connectivity index (χ0) is 10.8. The molecule has 2 aliphatic heterocycles. The van der Waals surface area contributed by atoms with Gasteiger partial charge < -0.3 is 10.2 Å². The Bertz CT molecular complexity index is 209. The van der Waals surface area contributed by atoms with Gasteiger partial charge in [0, 0.05) is 18.6 Å². The van der Waals surface area contributed by atoms with Gasteiger partial charge in [-0.05, 0) is 51.1 Å². The van der Waals surface area contributed by atoms with Crippen molar-refractivity contribution in [3.63, 3.8) is 0 Å². The van der Waals surface area contributed by atoms with Crippen LogP contribution >= 0.6 is 0 Å². The summed E-state index contributed by atoms with van der Waals surface area (Å²) in [5.41, 5.74) is 0. The second-order valence-electron chi connectivity index (χ2n) is 6.11. The molecule has 3 unspecified atom stereocenters. The zero-order valence-electron chi connectivity index (χ0n) is 10.5. The van der Waals surface area contributed by atoms with E-state index < -0.39 is 0 Å². The van der Waals surface area contributed by atoms with Crippen LogP contribution in [0.15, 0.2) is 0 Å². The first-order chi connectivity index (χ1) is 7.92. The minimum absolute atomic E-state index is 0.811. The molecule has 1 aliphatic carbocycles. The number of rotatable bonds is 2. The molecular weight excluding hydrogens is 196 g/mol. The van der Waals surface area contributed by atoms with E-state index >= 15 is 0 Å². The maximum atomic E-state index is 3.90. The van der Waals surface area contributed by atoms with Crippen molar-refractivity contribution < 1.29 is 0 Å². The first-order valence-electron chi connectivity index (χ1n) is 7.40. The van der Waals surface area contributed by atoms with E-state index in [9.17, 15) is 0 Å². The van der Waals surface area contributed by atoms with Crippen LogP contribution in [0.3, 0.4) is 0 Å². The number of nitrogens with zero attached hydrogens (tertiary/aromatic N) is 1. The molecule has 0 amide bonds. The summed E-state index contributed by atoms with van der Waals surface area (Å²) in [4.78, 5) is 2.69. The number of hydrogen-bond acceptors (Lipinski definition) is 2. The molecule has 3 fully saturated rings. The maximum Gasteiger partial charge on any atom is 0.0200 e. The van der Waals surface area contributed by atoms with Gasteiger partial charge in [-0.3, -0.25) is 0 Å². The lowest BCUT2D eigenvalue weighted by Gasteiger charge is -2.29. The van der Waals surface area contributed by atoms with Gasteiger partial charge in [-0.2, -0.15) is 0 Å². The lowest BCUT2D eigenvalue weighted by atomic mass is 9.85. The summed E-state index contributed by atoms with van der Waals surface area (Å²) in [5.74, 6) is 1.02. The third kappa shape index (κ3) is 2.43. The minimum atomic E-state index is 0.811. The van der Waals surface area contributed by atoms with E-state index in [0.717, 1.165) is 18.0 Å². The van der Waals surface area contributed by atoms with Gasteiger partial charge in [0.15, 0.2) is 0 Å². The SMILES string of the molecule is C1CCN(CC2CC3CCCCC3N2)CC1. The average molecular weight is 222 g/mol. The standard InChI is InChI=1S/C14H26N2/c1-4-8-16(9-5-1)11-13-10-12-6-2-3-7-14(12)15-13/h12-15H,1-11H2. The summed E-state index contributed by atoms with van der Waals surface area (Å²) >= 11 is 0. The lowest BCUT2D eigenvalue weighted by molar-refractivity contribution is 0.208. The van der Waals surface area contributed by atoms with Crippen LogP contribution in [0.25, 0.3) is 0 Å². The number of hydrogen-bond donors (Lipinski definition) is 1. The van der Waals surface area contributed by atoms with Crippen molar-refractivity contribution in [3.8, 4) is 0 Å². The molecule has 0 aromatic heterocycles. The molecule has 0 spiro atoms. The van der Waals surface area contributed by atoms with Crippen LogP contribution in [0.1, 0.15) is 51.4 Å². The van der Waals surface area contributed by atoms with Crippen molar-refractivity contribution in [2.24, 2.45) is 5.92 Å². The number of nitrogens with one attached hydrogen (secondary N) is 1. The molecule has 3 aliphatic rings. The van der Waals surface area contributed by atoms with Gasteiger partial charge in [-0.15, -0.1) is 0 Å². The molecule has 2 heterocycles. The summed E-state index contributed by atoms with van der Waals surface area (Å²) in [7, 11) is 0. The third-order valence-corrected chi connectivity index (χ3v) is 4.87. The van der Waals surface area contributed by atoms with Crippen molar-refractivity contribution in [3.05, 3.63) is 0 Å². The fourth-order valence-electron chi connectivity index (χ4n) is 4.03. The summed E-state index contributed by atoms with van der Waals surface area (Å²) in [5, 5.41) is 3.90. The van der Waals surface area contributed by atoms with Crippen molar-refractivity contribution in [1.82, 2.24) is 10.2 Å². The quantitative estimate of drug-likeness (QED) is 0.772. The molecular formula is C14H26N2. The van der Waals surface area contributed by atoms with Gasteiger partial charge in [-0.1, -0.05) is 19.3 Å². The Hall–Kier alpha value is -0.0800. The molecule has 2 heteroatoms. The number of fused-ring (bicyclic) bond motifs is 1. The van der Waals surface area contributed by atoms with Gasteiger partial charge in [0.25, 0.3) is 0 Å². The van der Waals surface area contributed by atoms with Crippen molar-refractivity contribution in [2.45, 2.75) is 63.5 Å². The van der Waals surface area contributed by atoms with Crippen molar-refractivity contribution in [1.29, 1.82) is 0 Å². The maximum absolute atomic E-state index is 3.90. The molecule has 2 nitrogen and oxygen atoms in total. The highest BCUT2D eigenvalue weighted by atomic mass is 15.2. The molecule has 1 saturated carbocycles. The summed E-state index contributed by atoms with van der Waals surface area (Å²) in [6.07, 6.45) is 11.7. The van der Waals surface area contributed by atoms with E-state index in [-0.39, 0.29) is 0 Å². The molecule has 1 N–H and O–H groups in total. The van der Waals surface area contributed by atoms with Gasteiger partial charge in [0.2, 0.25) is 0 Å². The summed E-state index contributed by atoms with van der Waals surface area (Å²) in [6.45, 7) is 4.04. The molecule has 92 valence electrons. The Morgan fingerprint density at radius 2 is 1.75 bits per heavy atom. The zero-order valence-corrected chi connectivity index (χ0v) is 10.5. The van der Waals surface area contributed by atoms with E-state index in [0.29, 0.717) is 0 Å². The average Bonchev–Trinajstić information content (AvgIpc) is 2.72. The van der Waals surface area contributed by atoms with Crippen molar-refractivity contribution in [2.75, 3.05) is 19.6 Å². The van der Waals surface area contributed by atoms with Crippen molar-refractivity contribution >= 4 is 0 Å². The molecule has 2 saturated heterocycles. The van der Waals surface area contributed by atoms with Crippen LogP contribution in [0.2, 0.25) is 0 Å². The Morgan fingerprint density at radius 3 is 2.56 bits per heavy atom. The summed E-state index contributed by atoms with van der Waals surface area (Å²) < 4.78 is 0. The molecule has 0 aromatic rings. The second-order valence-corrected chi connectivity index (χ2v) is 6.11. The van der Waals surface area contributed by atoms with E-state index in [2.05, 4.69) is 10.2 Å². The van der Waals surface area contributed by atoms with Gasteiger partial charge in [-0.25, -0.2) is 0 Å². The number of piperidine rings is 1. The fourth-order valence-corrected chi connectivity index (χ4v) is 4.03. The van der Waals surface area contributed by atoms with Crippen LogP contribution in [0.5, 0.6) is 0 Å². The van der Waals surface area contributed by atoms with Crippen LogP contribution in [0, 0.1) is 5.92 Å². The molecule has 16 heavy (non-hydrogen) atoms. The lowest BCUT2D eigenvalue weighted by Crippen LogP contribution is -2.42. The molecule has 3 atom stereocenters. The highest BCUT2D eigenvalue weighted by molar-refractivity contribution is 4.94. The number of likely N-dealkylation sites (tertiary alicyclic amines) is 1. The fraction of sp³-hybridized carbons (Fsp3) is 1.00. The van der Waals surface area contributed by atoms with Crippen LogP contribution in [0.4, 0.5) is 0 Å². The Morgan fingerprint density at radius 1 is 0.938 bits per heavy atom. The molecule has 3 rings (SSSR count). The van der Waals surface area contributed by atoms with E-state index in [4.69, 9.17) is 0 Å². The highest BCUT2D eigenvalue weighted by Crippen LogP contribution is 2.33. The molecule has 0 radical (unpaired) electrons. The topological polar surface area (TPSA) is 15.3 Å². The van der Waals surface area contributed by atoms with Crippen LogP contribution in [-0.4, -0.2) is 36.6 Å². The third-order valence-electron chi connectivity index (χ3n) is 4.87. The second kappa shape index (κ2) is 5.05. The van der Waals surface area contributed by atoms with Crippen LogP contribution < -0.4 is 5.32 Å². The Labute approximate surface area is 99.8 Å². The first kappa shape index (κ1) is 11.0. The first-order valence-corrected chi connectivity index (χ1v) is 7.40. The minimum Gasteiger partial charge on any atom is -0.310 e. The smallest absolute Gasteiger partial charge is 0.0200 e. The normalized spacial score (nSPS) is 40.9. The molecule has 0 bridgehead atoms. The predicted molar refractivity (Wildman–Crippen MR) is 67.6 cm³/mol. The van der Waals surface area contributed by atoms with E-state index in [1.165, 1.54) is 71.0 Å². The summed E-state index contributed by atoms with van der Waals surface area (Å²) in [6, 6.07) is 1.69. The van der Waals surface area contributed by atoms with Gasteiger partial charge in [0.1, 0.15) is 0 Å². The van der Waals surface area contributed by atoms with Gasteiger partial charge >= 0.3 is 0 Å². The monoisotopic (exact) mass is 222 g/mol. The largest absolute Gasteiger partial charge is 0.310 e. The predicted octanol–water partition coefficient (Wildman–Crippen LogP) is 2.39. The molecule has 0 aromatic carbocycles. The van der Waals surface area contributed by atoms with Gasteiger partial charge in [0.05, 0.1) is 0 Å². The Kier molecular flexibility index (Phi) is 3.49. The van der Waals surface area contributed by atoms with E-state index in [1.54, 1.807) is 0 Å². The van der Waals surface area contributed by atoms with E-state index in [1.807, 2.05) is 0 Å².